The highest BCUT2D eigenvalue weighted by Crippen LogP contribution is 2.60. The molecule has 4 nitrogen and oxygen atoms in total. The molecule has 3 fully saturated rings. The van der Waals surface area contributed by atoms with Gasteiger partial charge >= 0.3 is 0 Å². The molecule has 1 spiro atoms. The van der Waals surface area contributed by atoms with Crippen LogP contribution in [0.5, 0.6) is 0 Å². The molecule has 2 heterocycles. The van der Waals surface area contributed by atoms with Gasteiger partial charge in [-0.1, -0.05) is 43.2 Å². The summed E-state index contributed by atoms with van der Waals surface area (Å²) in [6.07, 6.45) is 8.79. The molecule has 1 saturated carbocycles. The Morgan fingerprint density at radius 3 is 2.33 bits per heavy atom. The van der Waals surface area contributed by atoms with Gasteiger partial charge in [0.2, 0.25) is 5.91 Å². The molecular weight excluding hydrogens is 406 g/mol. The van der Waals surface area contributed by atoms with Gasteiger partial charge in [0.05, 0.1) is 0 Å². The highest BCUT2D eigenvalue weighted by atomic mass is 16.2. The average molecular weight is 450 g/mol. The zero-order valence-electron chi connectivity index (χ0n) is 21.1. The Bertz CT molecular complexity index is 873. The third-order valence-corrected chi connectivity index (χ3v) is 9.42. The Hall–Kier alpha value is -1.81. The van der Waals surface area contributed by atoms with Crippen molar-refractivity contribution in [2.45, 2.75) is 65.7 Å². The molecule has 180 valence electrons. The number of hydrogen-bond acceptors (Lipinski definition) is 3. The predicted molar refractivity (Wildman–Crippen MR) is 136 cm³/mol. The number of anilines is 1. The predicted octanol–water partition coefficient (Wildman–Crippen LogP) is 5.35. The van der Waals surface area contributed by atoms with Gasteiger partial charge in [0.1, 0.15) is 0 Å². The first kappa shape index (κ1) is 23.0. The molecule has 1 aromatic carbocycles. The number of allylic oxidation sites excluding steroid dienone is 1. The Morgan fingerprint density at radius 2 is 1.67 bits per heavy atom. The van der Waals surface area contributed by atoms with Gasteiger partial charge in [-0.15, -0.1) is 0 Å². The summed E-state index contributed by atoms with van der Waals surface area (Å²) < 4.78 is 0. The van der Waals surface area contributed by atoms with Gasteiger partial charge in [-0.2, -0.15) is 0 Å². The van der Waals surface area contributed by atoms with E-state index in [-0.39, 0.29) is 0 Å². The van der Waals surface area contributed by atoms with Crippen LogP contribution in [0.3, 0.4) is 0 Å². The van der Waals surface area contributed by atoms with Gasteiger partial charge in [0.15, 0.2) is 0 Å². The number of rotatable bonds is 5. The van der Waals surface area contributed by atoms with Crippen molar-refractivity contribution in [3.8, 4) is 0 Å². The average Bonchev–Trinajstić information content (AvgIpc) is 3.53. The number of nitrogens with zero attached hydrogens (tertiary/aromatic N) is 3. The summed E-state index contributed by atoms with van der Waals surface area (Å²) in [4.78, 5) is 20.5. The minimum absolute atomic E-state index is 0.296. The first-order valence-corrected chi connectivity index (χ1v) is 13.4. The first-order valence-electron chi connectivity index (χ1n) is 13.4. The van der Waals surface area contributed by atoms with E-state index in [1.807, 2.05) is 0 Å². The second-order valence-electron chi connectivity index (χ2n) is 11.9. The highest BCUT2D eigenvalue weighted by molar-refractivity contribution is 5.83. The molecular formula is C29H43N3O. The summed E-state index contributed by atoms with van der Waals surface area (Å²) in [5.41, 5.74) is 5.37. The van der Waals surface area contributed by atoms with Gasteiger partial charge in [0.25, 0.3) is 0 Å². The van der Waals surface area contributed by atoms with Gasteiger partial charge in [0, 0.05) is 44.3 Å². The van der Waals surface area contributed by atoms with E-state index in [0.717, 1.165) is 32.6 Å². The standard InChI is InChI=1S/C29H43N3O/c1-23-8-7-12-28(2,3)25(23)11-15-30-16-13-29(14-17-30)22-26(29)27(33)32-20-18-31(19-21-32)24-9-5-4-6-10-24/h4-6,9-10,26H,7-8,11-22H2,1-3H3/t26-/m1/s1. The third-order valence-electron chi connectivity index (χ3n) is 9.42. The SMILES string of the molecule is CC1=C(CCN2CCC3(CC2)C[C@@H]3C(=O)N2CCN(c3ccccc3)CC2)C(C)(C)CCC1. The van der Waals surface area contributed by atoms with Gasteiger partial charge in [-0.05, 0) is 87.9 Å². The Labute approximate surface area is 201 Å². The van der Waals surface area contributed by atoms with Crippen molar-refractivity contribution in [2.24, 2.45) is 16.7 Å². The molecule has 1 amide bonds. The van der Waals surface area contributed by atoms with E-state index in [2.05, 4.69) is 65.8 Å². The zero-order valence-corrected chi connectivity index (χ0v) is 21.1. The molecule has 4 heteroatoms. The Balaban J connectivity index is 1.08. The zero-order chi connectivity index (χ0) is 23.1. The largest absolute Gasteiger partial charge is 0.368 e. The summed E-state index contributed by atoms with van der Waals surface area (Å²) in [5, 5.41) is 0. The molecule has 0 N–H and O–H groups in total. The van der Waals surface area contributed by atoms with Crippen molar-refractivity contribution in [3.05, 3.63) is 41.5 Å². The van der Waals surface area contributed by atoms with Crippen LogP contribution in [0.1, 0.15) is 65.7 Å². The monoisotopic (exact) mass is 449 g/mol. The number of benzene rings is 1. The lowest BCUT2D eigenvalue weighted by Gasteiger charge is -2.38. The molecule has 1 atom stereocenters. The number of carbonyl (C=O) groups is 1. The van der Waals surface area contributed by atoms with Crippen LogP contribution in [-0.2, 0) is 4.79 Å². The number of carbonyl (C=O) groups excluding carboxylic acids is 1. The van der Waals surface area contributed by atoms with Crippen LogP contribution in [0, 0.1) is 16.7 Å². The molecule has 2 saturated heterocycles. The molecule has 5 rings (SSSR count). The lowest BCUT2D eigenvalue weighted by Crippen LogP contribution is -2.50. The second kappa shape index (κ2) is 9.09. The lowest BCUT2D eigenvalue weighted by molar-refractivity contribution is -0.134. The lowest BCUT2D eigenvalue weighted by atomic mass is 9.71. The number of piperidine rings is 1. The van der Waals surface area contributed by atoms with E-state index < -0.39 is 0 Å². The summed E-state index contributed by atoms with van der Waals surface area (Å²) in [7, 11) is 0. The summed E-state index contributed by atoms with van der Waals surface area (Å²) >= 11 is 0. The topological polar surface area (TPSA) is 26.8 Å². The maximum atomic E-state index is 13.3. The smallest absolute Gasteiger partial charge is 0.226 e. The molecule has 2 aliphatic heterocycles. The number of piperazine rings is 1. The van der Waals surface area contributed by atoms with Gasteiger partial charge in [-0.25, -0.2) is 0 Å². The second-order valence-corrected chi connectivity index (χ2v) is 11.9. The van der Waals surface area contributed by atoms with Crippen LogP contribution >= 0.6 is 0 Å². The van der Waals surface area contributed by atoms with E-state index in [0.29, 0.717) is 22.7 Å². The maximum absolute atomic E-state index is 13.3. The maximum Gasteiger partial charge on any atom is 0.226 e. The van der Waals surface area contributed by atoms with Crippen LogP contribution < -0.4 is 4.90 Å². The molecule has 2 aliphatic carbocycles. The highest BCUT2D eigenvalue weighted by Gasteiger charge is 2.59. The van der Waals surface area contributed by atoms with Crippen molar-refractivity contribution in [2.75, 3.05) is 50.7 Å². The number of para-hydroxylation sites is 1. The van der Waals surface area contributed by atoms with Crippen LogP contribution in [0.15, 0.2) is 41.5 Å². The molecule has 0 bridgehead atoms. The quantitative estimate of drug-likeness (QED) is 0.567. The minimum Gasteiger partial charge on any atom is -0.368 e. The van der Waals surface area contributed by atoms with E-state index in [1.165, 1.54) is 63.8 Å². The Morgan fingerprint density at radius 1 is 0.970 bits per heavy atom. The van der Waals surface area contributed by atoms with E-state index in [4.69, 9.17) is 0 Å². The van der Waals surface area contributed by atoms with Crippen molar-refractivity contribution < 1.29 is 4.79 Å². The van der Waals surface area contributed by atoms with Crippen LogP contribution in [0.2, 0.25) is 0 Å². The van der Waals surface area contributed by atoms with Crippen molar-refractivity contribution in [3.63, 3.8) is 0 Å². The van der Waals surface area contributed by atoms with Crippen LogP contribution in [0.4, 0.5) is 5.69 Å². The Kier molecular flexibility index (Phi) is 6.32. The first-order chi connectivity index (χ1) is 15.9. The van der Waals surface area contributed by atoms with E-state index in [1.54, 1.807) is 11.1 Å². The van der Waals surface area contributed by atoms with Gasteiger partial charge < -0.3 is 14.7 Å². The van der Waals surface area contributed by atoms with Crippen LogP contribution in [-0.4, -0.2) is 61.5 Å². The molecule has 0 radical (unpaired) electrons. The summed E-state index contributed by atoms with van der Waals surface area (Å²) in [6.45, 7) is 14.5. The van der Waals surface area contributed by atoms with Crippen molar-refractivity contribution >= 4 is 11.6 Å². The number of hydrogen-bond donors (Lipinski definition) is 0. The van der Waals surface area contributed by atoms with Crippen molar-refractivity contribution in [1.82, 2.24) is 9.80 Å². The van der Waals surface area contributed by atoms with Gasteiger partial charge in [-0.3, -0.25) is 4.79 Å². The number of amides is 1. The normalized spacial score (nSPS) is 27.2. The van der Waals surface area contributed by atoms with Crippen molar-refractivity contribution in [1.29, 1.82) is 0 Å². The molecule has 0 unspecified atom stereocenters. The molecule has 4 aliphatic rings. The summed E-state index contributed by atoms with van der Waals surface area (Å²) in [6, 6.07) is 10.6. The fraction of sp³-hybridized carbons (Fsp3) is 0.690. The number of likely N-dealkylation sites (tertiary alicyclic amines) is 1. The summed E-state index contributed by atoms with van der Waals surface area (Å²) in [5.74, 6) is 0.742. The molecule has 1 aromatic rings. The van der Waals surface area contributed by atoms with Crippen LogP contribution in [0.25, 0.3) is 0 Å². The van der Waals surface area contributed by atoms with E-state index in [9.17, 15) is 4.79 Å². The molecule has 33 heavy (non-hydrogen) atoms. The third kappa shape index (κ3) is 4.73. The molecule has 0 aromatic heterocycles. The fourth-order valence-corrected chi connectivity index (χ4v) is 7.01. The van der Waals surface area contributed by atoms with E-state index >= 15 is 0 Å². The minimum atomic E-state index is 0.296. The fourth-order valence-electron chi connectivity index (χ4n) is 7.01.